The highest BCUT2D eigenvalue weighted by Crippen LogP contribution is 2.39. The van der Waals surface area contributed by atoms with Crippen LogP contribution in [-0.4, -0.2) is 55.2 Å². The van der Waals surface area contributed by atoms with E-state index in [0.29, 0.717) is 24.9 Å². The Hall–Kier alpha value is -1.90. The van der Waals surface area contributed by atoms with Crippen molar-refractivity contribution in [1.82, 2.24) is 9.88 Å². The summed E-state index contributed by atoms with van der Waals surface area (Å²) >= 11 is 1.62. The molecule has 0 aliphatic carbocycles. The lowest BCUT2D eigenvalue weighted by atomic mass is 9.97. The summed E-state index contributed by atoms with van der Waals surface area (Å²) in [5.41, 5.74) is 1.55. The first-order valence-electron chi connectivity index (χ1n) is 10.2. The molecule has 0 spiro atoms. The number of hydrogen-bond acceptors (Lipinski definition) is 6. The van der Waals surface area contributed by atoms with Gasteiger partial charge < -0.3 is 19.7 Å². The number of nitrogens with one attached hydrogen (secondary N) is 1. The van der Waals surface area contributed by atoms with Gasteiger partial charge in [0.05, 0.1) is 12.3 Å². The van der Waals surface area contributed by atoms with E-state index in [1.807, 2.05) is 11.8 Å². The zero-order valence-corrected chi connectivity index (χ0v) is 18.6. The summed E-state index contributed by atoms with van der Waals surface area (Å²) < 4.78 is 24.7. The number of piperidine rings is 1. The van der Waals surface area contributed by atoms with Crippen molar-refractivity contribution in [2.45, 2.75) is 26.2 Å². The molecule has 1 aromatic carbocycles. The van der Waals surface area contributed by atoms with E-state index < -0.39 is 0 Å². The third kappa shape index (κ3) is 5.22. The number of amides is 1. The van der Waals surface area contributed by atoms with E-state index in [1.54, 1.807) is 17.4 Å². The molecule has 2 aromatic rings. The lowest BCUT2D eigenvalue weighted by Gasteiger charge is -2.32. The zero-order chi connectivity index (χ0) is 20.2. The number of carbonyl (C=O) groups is 1. The normalized spacial score (nSPS) is 16.0. The fourth-order valence-corrected chi connectivity index (χ4v) is 4.74. The molecule has 3 heterocycles. The molecule has 0 atom stereocenters. The number of benzene rings is 1. The minimum absolute atomic E-state index is 0. The maximum absolute atomic E-state index is 13.7. The third-order valence-corrected chi connectivity index (χ3v) is 6.49. The standard InChI is InChI=1S/C21H26FN3O3S.ClH/c1-2-27-13-19(26)25-8-5-14(6-9-25)12-23-21-24-20-16-11-15(22)3-4-17(16)28-10-7-18(20)29-21;/h3-4,11,14H,2,5-10,12-13H2,1H3,(H,23,24);1H. The summed E-state index contributed by atoms with van der Waals surface area (Å²) in [5.74, 6) is 0.984. The minimum Gasteiger partial charge on any atom is -0.493 e. The fraction of sp³-hybridized carbons (Fsp3) is 0.524. The van der Waals surface area contributed by atoms with Crippen molar-refractivity contribution >= 4 is 34.8 Å². The van der Waals surface area contributed by atoms with Crippen molar-refractivity contribution in [2.75, 3.05) is 44.8 Å². The molecule has 1 amide bonds. The van der Waals surface area contributed by atoms with Crippen molar-refractivity contribution in [3.63, 3.8) is 0 Å². The summed E-state index contributed by atoms with van der Waals surface area (Å²) in [6, 6.07) is 4.59. The molecule has 2 aliphatic rings. The summed E-state index contributed by atoms with van der Waals surface area (Å²) in [4.78, 5) is 19.8. The van der Waals surface area contributed by atoms with Gasteiger partial charge in [-0.2, -0.15) is 0 Å². The number of fused-ring (bicyclic) bond motifs is 3. The molecule has 9 heteroatoms. The van der Waals surface area contributed by atoms with Crippen LogP contribution in [0.1, 0.15) is 24.6 Å². The van der Waals surface area contributed by atoms with E-state index in [4.69, 9.17) is 14.5 Å². The monoisotopic (exact) mass is 455 g/mol. The molecule has 1 fully saturated rings. The Morgan fingerprint density at radius 1 is 1.40 bits per heavy atom. The van der Waals surface area contributed by atoms with Crippen LogP contribution in [0.3, 0.4) is 0 Å². The van der Waals surface area contributed by atoms with Crippen LogP contribution in [0.25, 0.3) is 11.3 Å². The number of anilines is 1. The van der Waals surface area contributed by atoms with Gasteiger partial charge in [-0.25, -0.2) is 9.37 Å². The Kier molecular flexibility index (Phi) is 7.91. The Morgan fingerprint density at radius 2 is 2.20 bits per heavy atom. The van der Waals surface area contributed by atoms with Crippen LogP contribution in [0.15, 0.2) is 18.2 Å². The molecule has 2 aliphatic heterocycles. The molecular weight excluding hydrogens is 429 g/mol. The van der Waals surface area contributed by atoms with Gasteiger partial charge in [-0.15, -0.1) is 23.7 Å². The highest BCUT2D eigenvalue weighted by molar-refractivity contribution is 7.16. The maximum atomic E-state index is 13.7. The van der Waals surface area contributed by atoms with Crippen molar-refractivity contribution in [3.05, 3.63) is 28.9 Å². The van der Waals surface area contributed by atoms with E-state index in [0.717, 1.165) is 60.2 Å². The molecule has 0 saturated carbocycles. The predicted molar refractivity (Wildman–Crippen MR) is 118 cm³/mol. The second kappa shape index (κ2) is 10.4. The first-order valence-corrected chi connectivity index (χ1v) is 11.0. The van der Waals surface area contributed by atoms with Crippen molar-refractivity contribution in [3.8, 4) is 17.0 Å². The number of aromatic nitrogens is 1. The maximum Gasteiger partial charge on any atom is 0.248 e. The fourth-order valence-electron chi connectivity index (χ4n) is 3.77. The number of ether oxygens (including phenoxy) is 2. The molecule has 1 saturated heterocycles. The minimum atomic E-state index is -0.284. The average Bonchev–Trinajstić information content (AvgIpc) is 3.07. The topological polar surface area (TPSA) is 63.7 Å². The molecule has 1 N–H and O–H groups in total. The molecule has 164 valence electrons. The van der Waals surface area contributed by atoms with Crippen molar-refractivity contribution in [1.29, 1.82) is 0 Å². The number of rotatable bonds is 6. The van der Waals surface area contributed by atoms with Gasteiger partial charge in [-0.3, -0.25) is 4.79 Å². The first-order chi connectivity index (χ1) is 14.1. The zero-order valence-electron chi connectivity index (χ0n) is 17.0. The van der Waals surface area contributed by atoms with Crippen LogP contribution in [0.5, 0.6) is 5.75 Å². The summed E-state index contributed by atoms with van der Waals surface area (Å²) in [6.07, 6.45) is 2.71. The Morgan fingerprint density at radius 3 is 2.97 bits per heavy atom. The molecule has 0 unspecified atom stereocenters. The van der Waals surface area contributed by atoms with Gasteiger partial charge in [0, 0.05) is 43.1 Å². The Labute approximate surface area is 186 Å². The van der Waals surface area contributed by atoms with Gasteiger partial charge in [0.25, 0.3) is 0 Å². The predicted octanol–water partition coefficient (Wildman–Crippen LogP) is 3.99. The second-order valence-electron chi connectivity index (χ2n) is 7.37. The van der Waals surface area contributed by atoms with Gasteiger partial charge in [-0.05, 0) is 43.9 Å². The molecule has 6 nitrogen and oxygen atoms in total. The second-order valence-corrected chi connectivity index (χ2v) is 8.46. The SMILES string of the molecule is CCOCC(=O)N1CCC(CNc2nc3c(s2)CCOc2ccc(F)cc2-3)CC1.Cl. The number of carbonyl (C=O) groups excluding carboxylic acids is 1. The number of thiazole rings is 1. The Balaban J connectivity index is 0.00000256. The van der Waals surface area contributed by atoms with Crippen LogP contribution in [0, 0.1) is 11.7 Å². The van der Waals surface area contributed by atoms with Crippen molar-refractivity contribution < 1.29 is 18.7 Å². The van der Waals surface area contributed by atoms with Crippen LogP contribution in [0.2, 0.25) is 0 Å². The number of likely N-dealkylation sites (tertiary alicyclic amines) is 1. The van der Waals surface area contributed by atoms with E-state index in [9.17, 15) is 9.18 Å². The molecule has 0 bridgehead atoms. The third-order valence-electron chi connectivity index (χ3n) is 5.42. The van der Waals surface area contributed by atoms with Gasteiger partial charge in [0.1, 0.15) is 18.2 Å². The van der Waals surface area contributed by atoms with Crippen LogP contribution < -0.4 is 10.1 Å². The highest BCUT2D eigenvalue weighted by Gasteiger charge is 2.24. The number of halogens is 2. The van der Waals surface area contributed by atoms with Crippen LogP contribution in [0.4, 0.5) is 9.52 Å². The molecule has 1 aromatic heterocycles. The van der Waals surface area contributed by atoms with E-state index in [-0.39, 0.29) is 30.7 Å². The molecular formula is C21H27ClFN3O3S. The first kappa shape index (κ1) is 22.8. The van der Waals surface area contributed by atoms with Gasteiger partial charge in [0.15, 0.2) is 5.13 Å². The molecule has 30 heavy (non-hydrogen) atoms. The smallest absolute Gasteiger partial charge is 0.248 e. The Bertz CT molecular complexity index is 871. The average molecular weight is 456 g/mol. The number of nitrogens with zero attached hydrogens (tertiary/aromatic N) is 2. The summed E-state index contributed by atoms with van der Waals surface area (Å²) in [5, 5.41) is 4.32. The van der Waals surface area contributed by atoms with E-state index in [1.165, 1.54) is 12.1 Å². The van der Waals surface area contributed by atoms with E-state index >= 15 is 0 Å². The van der Waals surface area contributed by atoms with Gasteiger partial charge >= 0.3 is 0 Å². The lowest BCUT2D eigenvalue weighted by molar-refractivity contribution is -0.137. The quantitative estimate of drug-likeness (QED) is 0.713. The molecule has 4 rings (SSSR count). The summed E-state index contributed by atoms with van der Waals surface area (Å²) in [6.45, 7) is 5.58. The van der Waals surface area contributed by atoms with E-state index in [2.05, 4.69) is 5.32 Å². The van der Waals surface area contributed by atoms with Crippen LogP contribution in [-0.2, 0) is 16.0 Å². The molecule has 0 radical (unpaired) electrons. The highest BCUT2D eigenvalue weighted by atomic mass is 35.5. The summed E-state index contributed by atoms with van der Waals surface area (Å²) in [7, 11) is 0. The van der Waals surface area contributed by atoms with Crippen LogP contribution >= 0.6 is 23.7 Å². The van der Waals surface area contributed by atoms with Gasteiger partial charge in [-0.1, -0.05) is 0 Å². The largest absolute Gasteiger partial charge is 0.493 e. The van der Waals surface area contributed by atoms with Crippen molar-refractivity contribution in [2.24, 2.45) is 5.92 Å². The number of hydrogen-bond donors (Lipinski definition) is 1. The van der Waals surface area contributed by atoms with Gasteiger partial charge in [0.2, 0.25) is 5.91 Å². The lowest BCUT2D eigenvalue weighted by Crippen LogP contribution is -2.41.